The van der Waals surface area contributed by atoms with E-state index in [1.54, 1.807) is 30.3 Å². The third kappa shape index (κ3) is 4.95. The van der Waals surface area contributed by atoms with Crippen molar-refractivity contribution in [3.05, 3.63) is 54.3 Å². The van der Waals surface area contributed by atoms with E-state index in [4.69, 9.17) is 16.3 Å². The van der Waals surface area contributed by atoms with E-state index in [9.17, 15) is 9.90 Å². The predicted octanol–water partition coefficient (Wildman–Crippen LogP) is 4.86. The van der Waals surface area contributed by atoms with Crippen molar-refractivity contribution in [3.63, 3.8) is 0 Å². The molecule has 0 spiro atoms. The zero-order valence-electron chi connectivity index (χ0n) is 11.9. The van der Waals surface area contributed by atoms with Gasteiger partial charge in [0.2, 0.25) is 0 Å². The van der Waals surface area contributed by atoms with Gasteiger partial charge in [0.15, 0.2) is 6.61 Å². The number of nitrogens with zero attached hydrogens (tertiary/aromatic N) is 1. The Morgan fingerprint density at radius 3 is 2.71 bits per heavy atom. The molecule has 2 aromatic rings. The first-order valence-corrected chi connectivity index (χ1v) is 9.21. The van der Waals surface area contributed by atoms with Gasteiger partial charge in [-0.05, 0) is 50.1 Å². The van der Waals surface area contributed by atoms with Gasteiger partial charge in [0.1, 0.15) is 11.5 Å². The van der Waals surface area contributed by atoms with Gasteiger partial charge in [-0.1, -0.05) is 39.7 Å². The number of aromatic hydroxyl groups is 1. The summed E-state index contributed by atoms with van der Waals surface area (Å²) in [5, 5.41) is 14.1. The summed E-state index contributed by atoms with van der Waals surface area (Å²) in [6.07, 6.45) is 1.40. The fourth-order valence-corrected chi connectivity index (χ4v) is 4.13. The van der Waals surface area contributed by atoms with Gasteiger partial charge in [-0.3, -0.25) is 4.79 Å². The van der Waals surface area contributed by atoms with Gasteiger partial charge in [0.05, 0.1) is 20.2 Å². The number of nitrogens with one attached hydrogen (secondary N) is 1. The molecule has 0 heterocycles. The average molecular weight is 541 g/mol. The minimum absolute atomic E-state index is 0.0352. The molecule has 0 radical (unpaired) electrons. The third-order valence-corrected chi connectivity index (χ3v) is 5.14. The van der Waals surface area contributed by atoms with Gasteiger partial charge in [-0.25, -0.2) is 5.43 Å². The fraction of sp³-hybridized carbons (Fsp3) is 0.0667. The van der Waals surface area contributed by atoms with Crippen molar-refractivity contribution < 1.29 is 14.6 Å². The molecular formula is C15H10Br3ClN2O3. The summed E-state index contributed by atoms with van der Waals surface area (Å²) in [4.78, 5) is 11.7. The van der Waals surface area contributed by atoms with Crippen LogP contribution in [0.2, 0.25) is 5.02 Å². The molecule has 0 saturated carbocycles. The molecule has 0 aliphatic carbocycles. The van der Waals surface area contributed by atoms with Crippen molar-refractivity contribution in [2.75, 3.05) is 6.61 Å². The number of ether oxygens (including phenoxy) is 1. The number of halogens is 4. The summed E-state index contributed by atoms with van der Waals surface area (Å²) < 4.78 is 6.95. The lowest BCUT2D eigenvalue weighted by molar-refractivity contribution is -0.123. The summed E-state index contributed by atoms with van der Waals surface area (Å²) in [7, 11) is 0. The number of hydrazone groups is 1. The van der Waals surface area contributed by atoms with E-state index < -0.39 is 5.91 Å². The maximum Gasteiger partial charge on any atom is 0.277 e. The second-order valence-electron chi connectivity index (χ2n) is 4.43. The summed E-state index contributed by atoms with van der Waals surface area (Å²) in [6.45, 7) is -0.227. The van der Waals surface area contributed by atoms with E-state index in [0.29, 0.717) is 29.8 Å². The van der Waals surface area contributed by atoms with E-state index in [-0.39, 0.29) is 12.4 Å². The number of phenols is 1. The molecule has 5 nitrogen and oxygen atoms in total. The minimum Gasteiger partial charge on any atom is -0.506 e. The Kier molecular flexibility index (Phi) is 7.09. The summed E-state index contributed by atoms with van der Waals surface area (Å²) in [5.41, 5.74) is 2.91. The van der Waals surface area contributed by atoms with Crippen molar-refractivity contribution >= 4 is 71.5 Å². The smallest absolute Gasteiger partial charge is 0.277 e. The largest absolute Gasteiger partial charge is 0.506 e. The molecule has 0 aliphatic rings. The van der Waals surface area contributed by atoms with Gasteiger partial charge in [0.25, 0.3) is 5.91 Å². The van der Waals surface area contributed by atoms with Crippen LogP contribution < -0.4 is 10.2 Å². The minimum atomic E-state index is -0.445. The quantitative estimate of drug-likeness (QED) is 0.420. The van der Waals surface area contributed by atoms with Gasteiger partial charge in [-0.15, -0.1) is 0 Å². The lowest BCUT2D eigenvalue weighted by atomic mass is 10.2. The van der Waals surface area contributed by atoms with Crippen LogP contribution in [0.1, 0.15) is 5.56 Å². The predicted molar refractivity (Wildman–Crippen MR) is 104 cm³/mol. The molecule has 126 valence electrons. The van der Waals surface area contributed by atoms with Gasteiger partial charge in [0, 0.05) is 10.0 Å². The highest BCUT2D eigenvalue weighted by atomic mass is 79.9. The molecule has 0 saturated heterocycles. The molecule has 0 fully saturated rings. The van der Waals surface area contributed by atoms with E-state index in [1.807, 2.05) is 0 Å². The Labute approximate surface area is 168 Å². The fourth-order valence-electron chi connectivity index (χ4n) is 1.62. The first-order chi connectivity index (χ1) is 11.4. The topological polar surface area (TPSA) is 70.9 Å². The number of hydrogen-bond donors (Lipinski definition) is 2. The average Bonchev–Trinajstić information content (AvgIpc) is 2.55. The summed E-state index contributed by atoms with van der Waals surface area (Å²) in [6, 6.07) is 8.53. The molecule has 9 heteroatoms. The van der Waals surface area contributed by atoms with Crippen LogP contribution in [0, 0.1) is 0 Å². The molecule has 0 unspecified atom stereocenters. The van der Waals surface area contributed by atoms with Gasteiger partial charge >= 0.3 is 0 Å². The normalized spacial score (nSPS) is 10.8. The molecule has 2 N–H and O–H groups in total. The number of hydrogen-bond acceptors (Lipinski definition) is 4. The second kappa shape index (κ2) is 8.84. The molecule has 0 bridgehead atoms. The van der Waals surface area contributed by atoms with Crippen molar-refractivity contribution in [1.29, 1.82) is 0 Å². The first kappa shape index (κ1) is 19.2. The number of benzene rings is 2. The Morgan fingerprint density at radius 1 is 1.29 bits per heavy atom. The van der Waals surface area contributed by atoms with Crippen molar-refractivity contribution in [1.82, 2.24) is 5.43 Å². The van der Waals surface area contributed by atoms with Crippen molar-refractivity contribution in [3.8, 4) is 11.5 Å². The van der Waals surface area contributed by atoms with Crippen molar-refractivity contribution in [2.45, 2.75) is 0 Å². The van der Waals surface area contributed by atoms with E-state index in [2.05, 4.69) is 58.3 Å². The van der Waals surface area contributed by atoms with Crippen LogP contribution in [0.5, 0.6) is 11.5 Å². The maximum atomic E-state index is 11.7. The monoisotopic (exact) mass is 538 g/mol. The number of carbonyl (C=O) groups is 1. The van der Waals surface area contributed by atoms with Crippen molar-refractivity contribution in [2.24, 2.45) is 5.10 Å². The highest BCUT2D eigenvalue weighted by Gasteiger charge is 2.12. The number of amides is 1. The molecule has 0 aliphatic heterocycles. The van der Waals surface area contributed by atoms with Gasteiger partial charge < -0.3 is 9.84 Å². The molecule has 1 amide bonds. The highest BCUT2D eigenvalue weighted by molar-refractivity contribution is 9.11. The van der Waals surface area contributed by atoms with E-state index >= 15 is 0 Å². The third-order valence-electron chi connectivity index (χ3n) is 2.76. The Hall–Kier alpha value is -1.09. The molecular weight excluding hydrogens is 531 g/mol. The Balaban J connectivity index is 1.96. The van der Waals surface area contributed by atoms with E-state index in [1.165, 1.54) is 6.21 Å². The summed E-state index contributed by atoms with van der Waals surface area (Å²) >= 11 is 15.8. The number of rotatable bonds is 5. The highest BCUT2D eigenvalue weighted by Crippen LogP contribution is 2.38. The molecule has 2 aromatic carbocycles. The van der Waals surface area contributed by atoms with Gasteiger partial charge in [-0.2, -0.15) is 5.10 Å². The summed E-state index contributed by atoms with van der Waals surface area (Å²) in [5.74, 6) is 0.00870. The van der Waals surface area contributed by atoms with E-state index in [0.717, 1.165) is 0 Å². The standard InChI is InChI=1S/C15H10Br3ClN2O3/c16-9-5-10(17)15(23)14(18)8(9)6-20-21-13(22)7-24-12-4-2-1-3-11(12)19/h1-6,23H,7H2,(H,21,22). The second-order valence-corrected chi connectivity index (χ2v) is 7.34. The molecule has 0 atom stereocenters. The number of carbonyl (C=O) groups excluding carboxylic acids is 1. The van der Waals surface area contributed by atoms with Crippen LogP contribution in [0.3, 0.4) is 0 Å². The number of phenolic OH excluding ortho intramolecular Hbond substituents is 1. The SMILES string of the molecule is O=C(COc1ccccc1Cl)NN=Cc1c(Br)cc(Br)c(O)c1Br. The Morgan fingerprint density at radius 2 is 2.00 bits per heavy atom. The lowest BCUT2D eigenvalue weighted by Crippen LogP contribution is -2.24. The van der Waals surface area contributed by atoms with Crippen LogP contribution in [0.4, 0.5) is 0 Å². The first-order valence-electron chi connectivity index (χ1n) is 6.46. The van der Waals surface area contributed by atoms with Crippen LogP contribution in [0.25, 0.3) is 0 Å². The van der Waals surface area contributed by atoms with Crippen LogP contribution in [0.15, 0.2) is 48.9 Å². The molecule has 0 aromatic heterocycles. The van der Waals surface area contributed by atoms with Crippen LogP contribution in [-0.4, -0.2) is 23.8 Å². The molecule has 2 rings (SSSR count). The number of para-hydroxylation sites is 1. The zero-order chi connectivity index (χ0) is 17.7. The van der Waals surface area contributed by atoms with Crippen LogP contribution >= 0.6 is 59.4 Å². The Bertz CT molecular complexity index is 800. The van der Waals surface area contributed by atoms with Crippen LogP contribution in [-0.2, 0) is 4.79 Å². The maximum absolute atomic E-state index is 11.7. The molecule has 24 heavy (non-hydrogen) atoms. The zero-order valence-corrected chi connectivity index (χ0v) is 17.4. The lowest BCUT2D eigenvalue weighted by Gasteiger charge is -2.07.